The zero-order valence-electron chi connectivity index (χ0n) is 20.1. The molecule has 0 spiro atoms. The van der Waals surface area contributed by atoms with Crippen LogP contribution in [-0.4, -0.2) is 38.7 Å². The van der Waals surface area contributed by atoms with Gasteiger partial charge in [0, 0.05) is 6.07 Å². The first-order valence-corrected chi connectivity index (χ1v) is 12.0. The van der Waals surface area contributed by atoms with E-state index >= 15 is 0 Å². The van der Waals surface area contributed by atoms with E-state index in [2.05, 4.69) is 20.4 Å². The summed E-state index contributed by atoms with van der Waals surface area (Å²) in [4.78, 5) is 36.1. The standard InChI is InChI=1S/C25H18Cl2FN7O4/c1-2-39-25(38)31-24(37)19(11-29)33-32-16-9-17(26)23(18(27)10-16)35-20-7-8-22(36)34(21(20)12-30-35)13-14-3-5-15(28)6-4-14/h3-10,12,32H,2,13H2,1H3,(H,31,37,38)/b33-19-. The summed E-state index contributed by atoms with van der Waals surface area (Å²) in [6.07, 6.45) is 0.473. The van der Waals surface area contributed by atoms with Crippen LogP contribution in [0.25, 0.3) is 16.7 Å². The third kappa shape index (κ3) is 6.06. The number of pyridine rings is 1. The number of benzene rings is 2. The molecular formula is C25H18Cl2FN7O4. The smallest absolute Gasteiger partial charge is 0.414 e. The van der Waals surface area contributed by atoms with Crippen LogP contribution in [0.5, 0.6) is 0 Å². The van der Waals surface area contributed by atoms with Gasteiger partial charge in [-0.3, -0.25) is 20.3 Å². The molecule has 0 aliphatic heterocycles. The molecule has 14 heteroatoms. The van der Waals surface area contributed by atoms with Gasteiger partial charge in [0.1, 0.15) is 17.6 Å². The van der Waals surface area contributed by atoms with Gasteiger partial charge in [-0.25, -0.2) is 13.9 Å². The molecule has 4 aromatic rings. The number of alkyl carbamates (subject to hydrolysis) is 1. The molecule has 2 heterocycles. The zero-order valence-corrected chi connectivity index (χ0v) is 21.6. The second kappa shape index (κ2) is 11.8. The Hall–Kier alpha value is -4.73. The van der Waals surface area contributed by atoms with Crippen molar-refractivity contribution in [2.75, 3.05) is 12.0 Å². The van der Waals surface area contributed by atoms with Gasteiger partial charge in [0.15, 0.2) is 0 Å². The van der Waals surface area contributed by atoms with E-state index in [4.69, 9.17) is 23.2 Å². The number of nitriles is 1. The number of hydrogen-bond donors (Lipinski definition) is 2. The SMILES string of the molecule is CCOC(=O)NC(=O)/C(C#N)=N\Nc1cc(Cl)c(-n2ncc3c2ccc(=O)n3Cc2ccc(F)cc2)c(Cl)c1. The van der Waals surface area contributed by atoms with Gasteiger partial charge < -0.3 is 9.30 Å². The lowest BCUT2D eigenvalue weighted by Gasteiger charge is -2.12. The molecule has 4 rings (SSSR count). The molecule has 0 aliphatic carbocycles. The van der Waals surface area contributed by atoms with E-state index in [9.17, 15) is 24.0 Å². The number of halogens is 3. The van der Waals surface area contributed by atoms with Gasteiger partial charge in [-0.15, -0.1) is 0 Å². The molecule has 2 N–H and O–H groups in total. The fraction of sp³-hybridized carbons (Fsp3) is 0.120. The predicted octanol–water partition coefficient (Wildman–Crippen LogP) is 4.25. The van der Waals surface area contributed by atoms with Crippen LogP contribution in [0.1, 0.15) is 12.5 Å². The number of ether oxygens (including phenoxy) is 1. The molecule has 0 unspecified atom stereocenters. The van der Waals surface area contributed by atoms with Crippen molar-refractivity contribution in [3.05, 3.63) is 86.5 Å². The maximum absolute atomic E-state index is 13.3. The highest BCUT2D eigenvalue weighted by Crippen LogP contribution is 2.34. The highest BCUT2D eigenvalue weighted by Gasteiger charge is 2.18. The predicted molar refractivity (Wildman–Crippen MR) is 143 cm³/mol. The van der Waals surface area contributed by atoms with Crippen molar-refractivity contribution in [1.29, 1.82) is 5.26 Å². The number of imide groups is 1. The molecular weight excluding hydrogens is 552 g/mol. The van der Waals surface area contributed by atoms with E-state index < -0.39 is 17.7 Å². The number of fused-ring (bicyclic) bond motifs is 1. The highest BCUT2D eigenvalue weighted by atomic mass is 35.5. The van der Waals surface area contributed by atoms with Crippen LogP contribution < -0.4 is 16.3 Å². The first kappa shape index (κ1) is 27.3. The Labute approximate surface area is 230 Å². The lowest BCUT2D eigenvalue weighted by molar-refractivity contribution is -0.114. The van der Waals surface area contributed by atoms with Crippen LogP contribution in [0, 0.1) is 17.1 Å². The largest absolute Gasteiger partial charge is 0.450 e. The number of carbonyl (C=O) groups is 2. The fourth-order valence-electron chi connectivity index (χ4n) is 3.58. The minimum Gasteiger partial charge on any atom is -0.450 e. The molecule has 0 radical (unpaired) electrons. The molecule has 2 aromatic heterocycles. The van der Waals surface area contributed by atoms with E-state index in [0.29, 0.717) is 16.7 Å². The van der Waals surface area contributed by atoms with Gasteiger partial charge in [0.25, 0.3) is 11.5 Å². The van der Waals surface area contributed by atoms with E-state index in [1.165, 1.54) is 45.8 Å². The number of nitrogens with one attached hydrogen (secondary N) is 2. The van der Waals surface area contributed by atoms with Crippen LogP contribution in [0.3, 0.4) is 0 Å². The molecule has 2 aromatic carbocycles. The topological polar surface area (TPSA) is 143 Å². The molecule has 39 heavy (non-hydrogen) atoms. The van der Waals surface area contributed by atoms with E-state index in [1.807, 2.05) is 5.32 Å². The van der Waals surface area contributed by atoms with Crippen molar-refractivity contribution in [3.63, 3.8) is 0 Å². The normalized spacial score (nSPS) is 11.2. The summed E-state index contributed by atoms with van der Waals surface area (Å²) in [6, 6.07) is 13.2. The summed E-state index contributed by atoms with van der Waals surface area (Å²) in [5.74, 6) is -1.44. The maximum Gasteiger partial charge on any atom is 0.414 e. The number of amides is 2. The summed E-state index contributed by atoms with van der Waals surface area (Å²) >= 11 is 13.0. The molecule has 11 nitrogen and oxygen atoms in total. The molecule has 0 aliphatic rings. The van der Waals surface area contributed by atoms with Gasteiger partial charge in [0.2, 0.25) is 5.71 Å². The van der Waals surface area contributed by atoms with Gasteiger partial charge in [0.05, 0.1) is 46.1 Å². The van der Waals surface area contributed by atoms with Crippen molar-refractivity contribution < 1.29 is 18.7 Å². The van der Waals surface area contributed by atoms with Crippen LogP contribution in [0.4, 0.5) is 14.9 Å². The average molecular weight is 570 g/mol. The molecule has 198 valence electrons. The number of hydrogen-bond acceptors (Lipinski definition) is 8. The Balaban J connectivity index is 1.63. The van der Waals surface area contributed by atoms with Gasteiger partial charge in [-0.2, -0.15) is 15.5 Å². The first-order valence-electron chi connectivity index (χ1n) is 11.2. The van der Waals surface area contributed by atoms with Crippen molar-refractivity contribution >= 4 is 57.6 Å². The van der Waals surface area contributed by atoms with Gasteiger partial charge >= 0.3 is 6.09 Å². The number of aromatic nitrogens is 3. The fourth-order valence-corrected chi connectivity index (χ4v) is 4.23. The van der Waals surface area contributed by atoms with E-state index in [-0.39, 0.29) is 40.3 Å². The Morgan fingerprint density at radius 3 is 2.46 bits per heavy atom. The summed E-state index contributed by atoms with van der Waals surface area (Å²) in [5, 5.41) is 19.4. The molecule has 0 saturated heterocycles. The number of anilines is 1. The third-order valence-electron chi connectivity index (χ3n) is 5.32. The van der Waals surface area contributed by atoms with E-state index in [1.54, 1.807) is 31.2 Å². The Kier molecular flexibility index (Phi) is 8.24. The van der Waals surface area contributed by atoms with E-state index in [0.717, 1.165) is 5.56 Å². The van der Waals surface area contributed by atoms with Gasteiger partial charge in [-0.05, 0) is 42.8 Å². The molecule has 0 bridgehead atoms. The molecule has 0 fully saturated rings. The van der Waals surface area contributed by atoms with Gasteiger partial charge in [-0.1, -0.05) is 35.3 Å². The zero-order chi connectivity index (χ0) is 28.1. The highest BCUT2D eigenvalue weighted by molar-refractivity contribution is 6.47. The summed E-state index contributed by atoms with van der Waals surface area (Å²) in [6.45, 7) is 1.79. The quantitative estimate of drug-likeness (QED) is 0.250. The lowest BCUT2D eigenvalue weighted by Crippen LogP contribution is -2.36. The molecule has 0 saturated carbocycles. The van der Waals surface area contributed by atoms with Crippen LogP contribution >= 0.6 is 23.2 Å². The Morgan fingerprint density at radius 1 is 1.13 bits per heavy atom. The third-order valence-corrected chi connectivity index (χ3v) is 5.89. The average Bonchev–Trinajstić information content (AvgIpc) is 3.31. The maximum atomic E-state index is 13.3. The van der Waals surface area contributed by atoms with Crippen LogP contribution in [0.15, 0.2) is 64.6 Å². The number of carbonyl (C=O) groups excluding carboxylic acids is 2. The first-order chi connectivity index (χ1) is 18.7. The Bertz CT molecular complexity index is 1690. The van der Waals surface area contributed by atoms with Crippen molar-refractivity contribution in [2.24, 2.45) is 5.10 Å². The van der Waals surface area contributed by atoms with Crippen molar-refractivity contribution in [3.8, 4) is 11.8 Å². The number of hydrazone groups is 1. The van der Waals surface area contributed by atoms with Crippen molar-refractivity contribution in [2.45, 2.75) is 13.5 Å². The Morgan fingerprint density at radius 2 is 1.82 bits per heavy atom. The summed E-state index contributed by atoms with van der Waals surface area (Å²) < 4.78 is 20.8. The monoisotopic (exact) mass is 569 g/mol. The number of rotatable bonds is 7. The minimum absolute atomic E-state index is 0.0393. The molecule has 0 atom stereocenters. The minimum atomic E-state index is -1.06. The van der Waals surface area contributed by atoms with Crippen molar-refractivity contribution in [1.82, 2.24) is 19.7 Å². The number of nitrogens with zero attached hydrogens (tertiary/aromatic N) is 5. The second-order valence-electron chi connectivity index (χ2n) is 7.86. The van der Waals surface area contributed by atoms with Crippen LogP contribution in [-0.2, 0) is 16.1 Å². The lowest BCUT2D eigenvalue weighted by atomic mass is 10.2. The summed E-state index contributed by atoms with van der Waals surface area (Å²) in [7, 11) is 0. The molecule has 2 amide bonds. The second-order valence-corrected chi connectivity index (χ2v) is 8.67. The summed E-state index contributed by atoms with van der Waals surface area (Å²) in [5.41, 5.74) is 3.86. The van der Waals surface area contributed by atoms with Crippen LogP contribution in [0.2, 0.25) is 10.0 Å².